The van der Waals surface area contributed by atoms with Gasteiger partial charge in [-0.2, -0.15) is 0 Å². The highest BCUT2D eigenvalue weighted by molar-refractivity contribution is 5.91. The highest BCUT2D eigenvalue weighted by Gasteiger charge is 2.20. The maximum Gasteiger partial charge on any atom is 0.344 e. The minimum absolute atomic E-state index is 0.116. The van der Waals surface area contributed by atoms with Gasteiger partial charge in [0.15, 0.2) is 6.10 Å². The second-order valence-corrected chi connectivity index (χ2v) is 7.19. The van der Waals surface area contributed by atoms with Gasteiger partial charge in [-0.25, -0.2) is 4.79 Å². The van der Waals surface area contributed by atoms with E-state index in [1.165, 1.54) is 0 Å². The summed E-state index contributed by atoms with van der Waals surface area (Å²) in [6.45, 7) is 4.55. The van der Waals surface area contributed by atoms with E-state index in [9.17, 15) is 14.7 Å². The predicted molar refractivity (Wildman–Crippen MR) is 112 cm³/mol. The van der Waals surface area contributed by atoms with Crippen LogP contribution >= 0.6 is 0 Å². The normalized spacial score (nSPS) is 12.1. The van der Waals surface area contributed by atoms with Gasteiger partial charge in [0, 0.05) is 23.1 Å². The van der Waals surface area contributed by atoms with Crippen LogP contribution in [-0.4, -0.2) is 27.7 Å². The number of carbonyl (C=O) groups is 2. The molecule has 0 radical (unpaired) electrons. The smallest absolute Gasteiger partial charge is 0.344 e. The number of fused-ring (bicyclic) bond motifs is 1. The topological polar surface area (TPSA) is 94.5 Å². The Morgan fingerprint density at radius 1 is 1.17 bits per heavy atom. The Balaban J connectivity index is 2.05. The highest BCUT2D eigenvalue weighted by atomic mass is 16.5. The molecule has 1 heterocycles. The van der Waals surface area contributed by atoms with Gasteiger partial charge in [0.05, 0.1) is 6.42 Å². The first kappa shape index (κ1) is 20.5. The van der Waals surface area contributed by atoms with Crippen molar-refractivity contribution >= 4 is 22.8 Å². The van der Waals surface area contributed by atoms with E-state index in [0.29, 0.717) is 25.1 Å². The molecule has 2 aromatic carbocycles. The molecule has 1 amide bonds. The summed E-state index contributed by atoms with van der Waals surface area (Å²) in [4.78, 5) is 23.1. The number of hydrogen-bond donors (Lipinski definition) is 2. The summed E-state index contributed by atoms with van der Waals surface area (Å²) in [7, 11) is 0. The molecule has 0 fully saturated rings. The molecule has 29 heavy (non-hydrogen) atoms. The lowest BCUT2D eigenvalue weighted by molar-refractivity contribution is -0.145. The van der Waals surface area contributed by atoms with Crippen LogP contribution < -0.4 is 10.5 Å². The van der Waals surface area contributed by atoms with Gasteiger partial charge in [-0.3, -0.25) is 4.79 Å². The average Bonchev–Trinajstić information content (AvgIpc) is 2.93. The summed E-state index contributed by atoms with van der Waals surface area (Å²) in [5, 5.41) is 10.2. The zero-order valence-electron chi connectivity index (χ0n) is 16.7. The van der Waals surface area contributed by atoms with Crippen LogP contribution in [0.1, 0.15) is 36.6 Å². The van der Waals surface area contributed by atoms with E-state index in [-0.39, 0.29) is 6.42 Å². The molecule has 6 heteroatoms. The van der Waals surface area contributed by atoms with Crippen LogP contribution in [0.25, 0.3) is 10.9 Å². The fourth-order valence-electron chi connectivity index (χ4n) is 3.63. The van der Waals surface area contributed by atoms with Crippen LogP contribution in [0.2, 0.25) is 0 Å². The Labute approximate surface area is 169 Å². The summed E-state index contributed by atoms with van der Waals surface area (Å²) in [5.41, 5.74) is 9.39. The number of nitrogens with zero attached hydrogens (tertiary/aromatic N) is 1. The van der Waals surface area contributed by atoms with Crippen LogP contribution in [0.5, 0.6) is 5.75 Å². The third-order valence-electron chi connectivity index (χ3n) is 5.06. The van der Waals surface area contributed by atoms with Crippen molar-refractivity contribution in [1.82, 2.24) is 4.57 Å². The molecule has 1 aromatic heterocycles. The Morgan fingerprint density at radius 2 is 1.90 bits per heavy atom. The number of nitrogens with two attached hydrogens (primary N) is 1. The monoisotopic (exact) mass is 394 g/mol. The first-order chi connectivity index (χ1) is 13.9. The minimum Gasteiger partial charge on any atom is -0.479 e. The van der Waals surface area contributed by atoms with E-state index in [1.807, 2.05) is 44.2 Å². The second-order valence-electron chi connectivity index (χ2n) is 7.19. The molecule has 0 aliphatic heterocycles. The average molecular weight is 394 g/mol. The Morgan fingerprint density at radius 3 is 2.52 bits per heavy atom. The Kier molecular flexibility index (Phi) is 6.22. The molecule has 0 saturated heterocycles. The van der Waals surface area contributed by atoms with Crippen LogP contribution in [0.3, 0.4) is 0 Å². The summed E-state index contributed by atoms with van der Waals surface area (Å²) in [5.74, 6) is -0.921. The summed E-state index contributed by atoms with van der Waals surface area (Å²) in [6, 6.07) is 15.6. The second kappa shape index (κ2) is 8.82. The Bertz CT molecular complexity index is 1020. The van der Waals surface area contributed by atoms with Gasteiger partial charge in [0.1, 0.15) is 5.75 Å². The van der Waals surface area contributed by atoms with E-state index in [2.05, 4.69) is 16.7 Å². The predicted octanol–water partition coefficient (Wildman–Crippen LogP) is 3.66. The molecular weight excluding hydrogens is 368 g/mol. The molecule has 0 spiro atoms. The molecule has 0 saturated carbocycles. The molecule has 3 aromatic rings. The van der Waals surface area contributed by atoms with Gasteiger partial charge in [0.25, 0.3) is 0 Å². The van der Waals surface area contributed by atoms with Crippen molar-refractivity contribution in [3.05, 3.63) is 65.4 Å². The lowest BCUT2D eigenvalue weighted by Gasteiger charge is -2.14. The largest absolute Gasteiger partial charge is 0.479 e. The van der Waals surface area contributed by atoms with Crippen molar-refractivity contribution in [3.8, 4) is 5.75 Å². The molecular formula is C23H26N2O4. The molecule has 0 aliphatic rings. The molecule has 0 bridgehead atoms. The number of carbonyl (C=O) groups excluding carboxylic acids is 1. The fraction of sp³-hybridized carbons (Fsp3) is 0.304. The number of hydrogen-bond acceptors (Lipinski definition) is 3. The third-order valence-corrected chi connectivity index (χ3v) is 5.06. The van der Waals surface area contributed by atoms with Crippen molar-refractivity contribution in [3.63, 3.8) is 0 Å². The molecule has 152 valence electrons. The van der Waals surface area contributed by atoms with Gasteiger partial charge < -0.3 is 20.1 Å². The SMILES string of the molecule is CCCC(Oc1ccc2c(c1)c(CC(N)=O)c(C)n2Cc1ccccc1)C(=O)O. The number of benzene rings is 2. The summed E-state index contributed by atoms with van der Waals surface area (Å²) >= 11 is 0. The van der Waals surface area contributed by atoms with Crippen molar-refractivity contribution in [2.24, 2.45) is 5.73 Å². The van der Waals surface area contributed by atoms with Gasteiger partial charge >= 0.3 is 5.97 Å². The maximum absolute atomic E-state index is 11.7. The van der Waals surface area contributed by atoms with E-state index >= 15 is 0 Å². The summed E-state index contributed by atoms with van der Waals surface area (Å²) < 4.78 is 7.87. The zero-order valence-corrected chi connectivity index (χ0v) is 16.7. The number of primary amides is 1. The van der Waals surface area contributed by atoms with Crippen molar-refractivity contribution in [2.75, 3.05) is 0 Å². The number of carboxylic acid groups (broad SMARTS) is 1. The highest BCUT2D eigenvalue weighted by Crippen LogP contribution is 2.31. The number of carboxylic acids is 1. The number of aromatic nitrogens is 1. The lowest BCUT2D eigenvalue weighted by atomic mass is 10.1. The van der Waals surface area contributed by atoms with Crippen LogP contribution in [0.15, 0.2) is 48.5 Å². The minimum atomic E-state index is -0.984. The summed E-state index contributed by atoms with van der Waals surface area (Å²) in [6.07, 6.45) is 0.351. The van der Waals surface area contributed by atoms with Crippen molar-refractivity contribution in [2.45, 2.75) is 45.8 Å². The van der Waals surface area contributed by atoms with Gasteiger partial charge in [-0.15, -0.1) is 0 Å². The molecule has 1 unspecified atom stereocenters. The molecule has 0 aliphatic carbocycles. The van der Waals surface area contributed by atoms with Crippen molar-refractivity contribution < 1.29 is 19.4 Å². The number of rotatable bonds is 9. The first-order valence-corrected chi connectivity index (χ1v) is 9.74. The van der Waals surface area contributed by atoms with Gasteiger partial charge in [-0.05, 0) is 42.7 Å². The Hall–Kier alpha value is -3.28. The number of ether oxygens (including phenoxy) is 1. The molecule has 6 nitrogen and oxygen atoms in total. The maximum atomic E-state index is 11.7. The van der Waals surface area contributed by atoms with Gasteiger partial charge in [-0.1, -0.05) is 43.7 Å². The van der Waals surface area contributed by atoms with Crippen molar-refractivity contribution in [1.29, 1.82) is 0 Å². The molecule has 1 atom stereocenters. The van der Waals surface area contributed by atoms with E-state index in [4.69, 9.17) is 10.5 Å². The number of aliphatic carboxylic acids is 1. The lowest BCUT2D eigenvalue weighted by Crippen LogP contribution is -2.26. The van der Waals surface area contributed by atoms with E-state index in [1.54, 1.807) is 6.07 Å². The van der Waals surface area contributed by atoms with E-state index in [0.717, 1.165) is 27.7 Å². The fourth-order valence-corrected chi connectivity index (χ4v) is 3.63. The number of amides is 1. The molecule has 3 N–H and O–H groups in total. The zero-order chi connectivity index (χ0) is 21.0. The standard InChI is InChI=1S/C23H26N2O4/c1-3-7-21(23(27)28)29-17-10-11-20-19(12-17)18(13-22(24)26)15(2)25(20)14-16-8-5-4-6-9-16/h4-6,8-12,21H,3,7,13-14H2,1-2H3,(H2,24,26)(H,27,28). The van der Waals surface area contributed by atoms with Crippen LogP contribution in [0.4, 0.5) is 0 Å². The third kappa shape index (κ3) is 4.59. The van der Waals surface area contributed by atoms with Crippen LogP contribution in [-0.2, 0) is 22.6 Å². The quantitative estimate of drug-likeness (QED) is 0.579. The van der Waals surface area contributed by atoms with E-state index < -0.39 is 18.0 Å². The van der Waals surface area contributed by atoms with Crippen LogP contribution in [0, 0.1) is 6.92 Å². The first-order valence-electron chi connectivity index (χ1n) is 9.74. The van der Waals surface area contributed by atoms with Gasteiger partial charge in [0.2, 0.25) is 5.91 Å². The molecule has 3 rings (SSSR count).